The van der Waals surface area contributed by atoms with Crippen molar-refractivity contribution >= 4 is 5.97 Å². The number of halogens is 2. The van der Waals surface area contributed by atoms with Crippen molar-refractivity contribution in [1.82, 2.24) is 4.98 Å². The third kappa shape index (κ3) is 2.48. The molecule has 0 saturated heterocycles. The summed E-state index contributed by atoms with van der Waals surface area (Å²) < 4.78 is 26.3. The second-order valence-electron chi connectivity index (χ2n) is 3.03. The fourth-order valence-electron chi connectivity index (χ4n) is 1.05. The van der Waals surface area contributed by atoms with E-state index in [1.54, 1.807) is 6.92 Å². The van der Waals surface area contributed by atoms with Gasteiger partial charge in [0.25, 0.3) is 5.92 Å². The van der Waals surface area contributed by atoms with Crippen molar-refractivity contribution in [3.05, 3.63) is 29.6 Å². The lowest BCUT2D eigenvalue weighted by molar-refractivity contribution is -0.145. The molecule has 0 unspecified atom stereocenters. The summed E-state index contributed by atoms with van der Waals surface area (Å²) in [5.74, 6) is -4.89. The third-order valence-corrected chi connectivity index (χ3v) is 1.67. The lowest BCUT2D eigenvalue weighted by Gasteiger charge is -2.13. The molecule has 14 heavy (non-hydrogen) atoms. The number of carboxylic acid groups (broad SMARTS) is 1. The number of carbonyl (C=O) groups is 1. The number of nitrogens with zero attached hydrogens (tertiary/aromatic N) is 1. The Hall–Kier alpha value is -1.52. The van der Waals surface area contributed by atoms with Crippen LogP contribution < -0.4 is 0 Å². The molecule has 0 saturated carbocycles. The van der Waals surface area contributed by atoms with Gasteiger partial charge in [-0.25, -0.2) is 8.78 Å². The highest BCUT2D eigenvalue weighted by atomic mass is 19.3. The van der Waals surface area contributed by atoms with Gasteiger partial charge in [-0.3, -0.25) is 9.78 Å². The van der Waals surface area contributed by atoms with E-state index in [0.717, 1.165) is 6.20 Å². The van der Waals surface area contributed by atoms with Crippen molar-refractivity contribution in [3.63, 3.8) is 0 Å². The highest BCUT2D eigenvalue weighted by molar-refractivity contribution is 5.68. The van der Waals surface area contributed by atoms with Gasteiger partial charge in [0.05, 0.1) is 0 Å². The van der Waals surface area contributed by atoms with Crippen LogP contribution in [0.4, 0.5) is 8.78 Å². The van der Waals surface area contributed by atoms with Crippen LogP contribution in [0.15, 0.2) is 18.5 Å². The largest absolute Gasteiger partial charge is 0.481 e. The predicted molar refractivity (Wildman–Crippen MR) is 45.1 cm³/mol. The van der Waals surface area contributed by atoms with Gasteiger partial charge in [-0.15, -0.1) is 0 Å². The highest BCUT2D eigenvalue weighted by Gasteiger charge is 2.34. The van der Waals surface area contributed by atoms with E-state index in [1.807, 2.05) is 0 Å². The minimum atomic E-state index is -3.36. The number of aliphatic carboxylic acids is 1. The van der Waals surface area contributed by atoms with Crippen LogP contribution in [0.5, 0.6) is 0 Å². The van der Waals surface area contributed by atoms with E-state index in [4.69, 9.17) is 5.11 Å². The van der Waals surface area contributed by atoms with Crippen LogP contribution in [0.2, 0.25) is 0 Å². The molecule has 0 aromatic carbocycles. The smallest absolute Gasteiger partial charge is 0.309 e. The molecule has 76 valence electrons. The summed E-state index contributed by atoms with van der Waals surface area (Å²) in [5.41, 5.74) is 0.215. The zero-order valence-electron chi connectivity index (χ0n) is 7.50. The molecule has 0 fully saturated rings. The lowest BCUT2D eigenvalue weighted by atomic mass is 10.1. The van der Waals surface area contributed by atoms with E-state index in [1.165, 1.54) is 12.3 Å². The number of hydrogen-bond donors (Lipinski definition) is 1. The van der Waals surface area contributed by atoms with Gasteiger partial charge in [-0.2, -0.15) is 0 Å². The number of carboxylic acids is 1. The summed E-state index contributed by atoms with van der Waals surface area (Å²) in [5, 5.41) is 8.28. The monoisotopic (exact) mass is 201 g/mol. The quantitative estimate of drug-likeness (QED) is 0.813. The molecule has 1 N–H and O–H groups in total. The Morgan fingerprint density at radius 3 is 2.71 bits per heavy atom. The molecule has 0 amide bonds. The Morgan fingerprint density at radius 2 is 2.21 bits per heavy atom. The highest BCUT2D eigenvalue weighted by Crippen LogP contribution is 2.31. The molecule has 1 aromatic heterocycles. The average molecular weight is 201 g/mol. The number of rotatable bonds is 3. The molecular weight excluding hydrogens is 192 g/mol. The molecule has 3 nitrogen and oxygen atoms in total. The fourth-order valence-corrected chi connectivity index (χ4v) is 1.05. The van der Waals surface area contributed by atoms with Crippen molar-refractivity contribution in [3.8, 4) is 0 Å². The Bertz CT molecular complexity index is 352. The molecule has 1 aromatic rings. The lowest BCUT2D eigenvalue weighted by Crippen LogP contribution is -2.18. The van der Waals surface area contributed by atoms with Gasteiger partial charge in [0.15, 0.2) is 0 Å². The number of hydrogen-bond acceptors (Lipinski definition) is 2. The third-order valence-electron chi connectivity index (χ3n) is 1.67. The molecule has 0 radical (unpaired) electrons. The van der Waals surface area contributed by atoms with Crippen LogP contribution in [-0.4, -0.2) is 16.1 Å². The van der Waals surface area contributed by atoms with Crippen LogP contribution in [0.1, 0.15) is 17.5 Å². The minimum Gasteiger partial charge on any atom is -0.481 e. The van der Waals surface area contributed by atoms with Gasteiger partial charge >= 0.3 is 5.97 Å². The molecule has 0 aliphatic heterocycles. The van der Waals surface area contributed by atoms with Crippen molar-refractivity contribution in [2.75, 3.05) is 0 Å². The zero-order valence-corrected chi connectivity index (χ0v) is 7.50. The second kappa shape index (κ2) is 3.69. The van der Waals surface area contributed by atoms with Crippen molar-refractivity contribution in [2.45, 2.75) is 19.3 Å². The SMILES string of the molecule is Cc1cncc(C(F)(F)CC(=O)O)c1. The first-order valence-corrected chi connectivity index (χ1v) is 3.93. The fraction of sp³-hybridized carbons (Fsp3) is 0.333. The van der Waals surface area contributed by atoms with Gasteiger partial charge in [-0.1, -0.05) is 0 Å². The van der Waals surface area contributed by atoms with E-state index in [0.29, 0.717) is 5.56 Å². The maximum Gasteiger partial charge on any atom is 0.309 e. The van der Waals surface area contributed by atoms with Crippen LogP contribution >= 0.6 is 0 Å². The van der Waals surface area contributed by atoms with Gasteiger partial charge in [0, 0.05) is 18.0 Å². The summed E-state index contributed by atoms with van der Waals surface area (Å²) in [6.45, 7) is 1.62. The minimum absolute atomic E-state index is 0.361. The summed E-state index contributed by atoms with van der Waals surface area (Å²) in [7, 11) is 0. The molecule has 0 atom stereocenters. The molecule has 0 aliphatic rings. The van der Waals surface area contributed by atoms with Crippen molar-refractivity contribution in [1.29, 1.82) is 0 Å². The maximum absolute atomic E-state index is 13.2. The van der Waals surface area contributed by atoms with Gasteiger partial charge < -0.3 is 5.11 Å². The van der Waals surface area contributed by atoms with E-state index in [9.17, 15) is 13.6 Å². The number of aromatic nitrogens is 1. The summed E-state index contributed by atoms with van der Waals surface area (Å²) in [6, 6.07) is 1.23. The van der Waals surface area contributed by atoms with Crippen molar-refractivity contribution in [2.24, 2.45) is 0 Å². The first-order chi connectivity index (χ1) is 6.42. The molecular formula is C9H9F2NO2. The standard InChI is InChI=1S/C9H9F2NO2/c1-6-2-7(5-12-4-6)9(10,11)3-8(13)14/h2,4-5H,3H2,1H3,(H,13,14). The molecule has 1 rings (SSSR count). The van der Waals surface area contributed by atoms with Gasteiger partial charge in [0.2, 0.25) is 0 Å². The molecule has 0 aliphatic carbocycles. The summed E-state index contributed by atoms with van der Waals surface area (Å²) in [4.78, 5) is 13.8. The Kier molecular flexibility index (Phi) is 2.78. The first-order valence-electron chi connectivity index (χ1n) is 3.93. The van der Waals surface area contributed by atoms with Crippen LogP contribution in [0.3, 0.4) is 0 Å². The number of alkyl halides is 2. The molecule has 0 spiro atoms. The second-order valence-corrected chi connectivity index (χ2v) is 3.03. The topological polar surface area (TPSA) is 50.2 Å². The number of pyridine rings is 1. The molecule has 5 heteroatoms. The average Bonchev–Trinajstić information content (AvgIpc) is 2.01. The Morgan fingerprint density at radius 1 is 1.57 bits per heavy atom. The van der Waals surface area contributed by atoms with E-state index < -0.39 is 18.3 Å². The summed E-state index contributed by atoms with van der Waals surface area (Å²) >= 11 is 0. The summed E-state index contributed by atoms with van der Waals surface area (Å²) in [6.07, 6.45) is 1.20. The van der Waals surface area contributed by atoms with Gasteiger partial charge in [-0.05, 0) is 18.6 Å². The van der Waals surface area contributed by atoms with E-state index in [2.05, 4.69) is 4.98 Å². The first kappa shape index (κ1) is 10.6. The zero-order chi connectivity index (χ0) is 10.8. The Balaban J connectivity index is 2.97. The number of aryl methyl sites for hydroxylation is 1. The Labute approximate surface area is 79.4 Å². The molecule has 1 heterocycles. The van der Waals surface area contributed by atoms with E-state index >= 15 is 0 Å². The molecule has 0 bridgehead atoms. The van der Waals surface area contributed by atoms with Crippen LogP contribution in [0, 0.1) is 6.92 Å². The van der Waals surface area contributed by atoms with Gasteiger partial charge in [0.1, 0.15) is 6.42 Å². The van der Waals surface area contributed by atoms with Crippen LogP contribution in [0.25, 0.3) is 0 Å². The predicted octanol–water partition coefficient (Wildman–Crippen LogP) is 1.96. The maximum atomic E-state index is 13.2. The van der Waals surface area contributed by atoms with Crippen molar-refractivity contribution < 1.29 is 18.7 Å². The van der Waals surface area contributed by atoms with Crippen LogP contribution in [-0.2, 0) is 10.7 Å². The normalized spacial score (nSPS) is 11.4. The van der Waals surface area contributed by atoms with E-state index in [-0.39, 0.29) is 5.56 Å².